The number of pyridine rings is 1. The van der Waals surface area contributed by atoms with Gasteiger partial charge in [0.2, 0.25) is 0 Å². The maximum Gasteiger partial charge on any atom is 0.356 e. The molecule has 1 unspecified atom stereocenters. The summed E-state index contributed by atoms with van der Waals surface area (Å²) in [6.45, 7) is 6.76. The molecule has 1 heterocycles. The van der Waals surface area contributed by atoms with Crippen molar-refractivity contribution in [3.05, 3.63) is 28.4 Å². The number of aromatic nitrogens is 1. The van der Waals surface area contributed by atoms with E-state index >= 15 is 0 Å². The molecule has 1 aromatic heterocycles. The molecule has 0 aliphatic rings. The number of hydrogen-bond acceptors (Lipinski definition) is 4. The summed E-state index contributed by atoms with van der Waals surface area (Å²) >= 11 is 1.49. The third kappa shape index (κ3) is 3.76. The number of carboxylic acids is 1. The van der Waals surface area contributed by atoms with E-state index < -0.39 is 12.0 Å². The molecule has 0 aliphatic heterocycles. The highest BCUT2D eigenvalue weighted by atomic mass is 32.2. The van der Waals surface area contributed by atoms with Crippen molar-refractivity contribution >= 4 is 17.7 Å². The summed E-state index contributed by atoms with van der Waals surface area (Å²) in [5, 5.41) is 17.5. The number of aryl methyl sites for hydroxylation is 1. The van der Waals surface area contributed by atoms with Gasteiger partial charge in [-0.15, -0.1) is 11.8 Å². The Bertz CT molecular complexity index is 517. The second-order valence-corrected chi connectivity index (χ2v) is 4.74. The number of hydrogen-bond donors (Lipinski definition) is 1. The highest BCUT2D eigenvalue weighted by molar-refractivity contribution is 7.99. The Morgan fingerprint density at radius 2 is 2.50 bits per heavy atom. The first-order chi connectivity index (χ1) is 8.58. The Kier molecular flexibility index (Phi) is 5.16. The smallest absolute Gasteiger partial charge is 0.356 e. The molecule has 5 nitrogen and oxygen atoms in total. The van der Waals surface area contributed by atoms with Gasteiger partial charge in [0.25, 0.3) is 6.57 Å². The van der Waals surface area contributed by atoms with Gasteiger partial charge in [-0.1, -0.05) is 4.85 Å². The summed E-state index contributed by atoms with van der Waals surface area (Å²) < 4.78 is 0. The van der Waals surface area contributed by atoms with E-state index in [9.17, 15) is 4.79 Å². The minimum Gasteiger partial charge on any atom is -0.477 e. The first-order valence-corrected chi connectivity index (χ1v) is 6.19. The zero-order valence-electron chi connectivity index (χ0n) is 9.83. The summed E-state index contributed by atoms with van der Waals surface area (Å²) in [7, 11) is 0. The number of carbonyl (C=O) groups is 1. The molecule has 0 saturated carbocycles. The molecule has 0 spiro atoms. The average molecular weight is 262 g/mol. The topological polar surface area (TPSA) is 78.3 Å². The number of rotatable bonds is 5. The normalized spacial score (nSPS) is 11.3. The maximum atomic E-state index is 10.8. The van der Waals surface area contributed by atoms with E-state index in [4.69, 9.17) is 16.9 Å². The zero-order valence-corrected chi connectivity index (χ0v) is 10.6. The third-order valence-electron chi connectivity index (χ3n) is 2.24. The quantitative estimate of drug-likeness (QED) is 0.824. The number of carboxylic acid groups (broad SMARTS) is 1. The molecule has 0 radical (unpaired) electrons. The van der Waals surface area contributed by atoms with Crippen LogP contribution >= 0.6 is 11.8 Å². The van der Waals surface area contributed by atoms with Crippen LogP contribution in [0.1, 0.15) is 22.5 Å². The second-order valence-electron chi connectivity index (χ2n) is 3.57. The van der Waals surface area contributed by atoms with E-state index in [1.807, 2.05) is 6.07 Å². The van der Waals surface area contributed by atoms with Gasteiger partial charge in [-0.3, -0.25) is 0 Å². The lowest BCUT2D eigenvalue weighted by atomic mass is 10.2. The summed E-state index contributed by atoms with van der Waals surface area (Å²) in [5.74, 6) is -0.359. The fraction of sp³-hybridized carbons (Fsp3) is 0.333. The molecule has 6 heteroatoms. The molecular weight excluding hydrogens is 250 g/mol. The highest BCUT2D eigenvalue weighted by Gasteiger charge is 2.14. The van der Waals surface area contributed by atoms with E-state index in [-0.39, 0.29) is 5.69 Å². The molecule has 18 heavy (non-hydrogen) atoms. The summed E-state index contributed by atoms with van der Waals surface area (Å²) in [4.78, 5) is 19.0. The molecule has 1 rings (SSSR count). The molecule has 1 aromatic rings. The molecular formula is C12H12N3O2S+. The van der Waals surface area contributed by atoms with Crippen molar-refractivity contribution in [2.75, 3.05) is 5.75 Å². The molecule has 0 amide bonds. The standard InChI is InChI=1S/C12H11N3O2S/c1-8-5-10(7-15-11(8)12(16)17)18-4-3-9(6-13)14-2/h2,5,7,9H,3-4H2,1H3/p+1. The van der Waals surface area contributed by atoms with Crippen molar-refractivity contribution in [3.63, 3.8) is 0 Å². The van der Waals surface area contributed by atoms with Crippen LogP contribution in [-0.2, 0) is 0 Å². The van der Waals surface area contributed by atoms with Crippen molar-refractivity contribution in [2.24, 2.45) is 0 Å². The van der Waals surface area contributed by atoms with Gasteiger partial charge in [0.05, 0.1) is 6.42 Å². The van der Waals surface area contributed by atoms with Crippen LogP contribution in [0.4, 0.5) is 0 Å². The van der Waals surface area contributed by atoms with E-state index in [1.54, 1.807) is 13.0 Å². The molecule has 1 atom stereocenters. The number of nitriles is 1. The molecule has 0 fully saturated rings. The van der Waals surface area contributed by atoms with E-state index in [2.05, 4.69) is 9.83 Å². The Morgan fingerprint density at radius 1 is 1.78 bits per heavy atom. The number of aromatic carboxylic acids is 1. The monoisotopic (exact) mass is 262 g/mol. The van der Waals surface area contributed by atoms with Crippen LogP contribution in [0.5, 0.6) is 0 Å². The largest absolute Gasteiger partial charge is 0.477 e. The van der Waals surface area contributed by atoms with Crippen molar-refractivity contribution in [1.29, 1.82) is 5.26 Å². The predicted octanol–water partition coefficient (Wildman–Crippen LogP) is 2.43. The van der Waals surface area contributed by atoms with Gasteiger partial charge in [-0.05, 0) is 18.6 Å². The number of nitrogens with zero attached hydrogens (tertiary/aromatic N) is 3. The van der Waals surface area contributed by atoms with Gasteiger partial charge in [0.1, 0.15) is 0 Å². The molecule has 0 bridgehead atoms. The summed E-state index contributed by atoms with van der Waals surface area (Å²) in [5.41, 5.74) is 0.680. The van der Waals surface area contributed by atoms with Gasteiger partial charge in [-0.2, -0.15) is 5.26 Å². The lowest BCUT2D eigenvalue weighted by Crippen LogP contribution is -2.03. The van der Waals surface area contributed by atoms with Crippen LogP contribution in [0.3, 0.4) is 0 Å². The zero-order chi connectivity index (χ0) is 13.5. The Hall–Kier alpha value is -2.05. The van der Waals surface area contributed by atoms with Gasteiger partial charge < -0.3 is 5.11 Å². The molecule has 92 valence electrons. The molecule has 1 N–H and O–H groups in total. The Morgan fingerprint density at radius 3 is 3.00 bits per heavy atom. The molecule has 0 aliphatic carbocycles. The Balaban J connectivity index is 2.60. The van der Waals surface area contributed by atoms with Crippen LogP contribution in [0.25, 0.3) is 4.85 Å². The molecule has 0 saturated heterocycles. The van der Waals surface area contributed by atoms with Crippen molar-refractivity contribution < 1.29 is 9.90 Å². The fourth-order valence-electron chi connectivity index (χ4n) is 1.31. The lowest BCUT2D eigenvalue weighted by Gasteiger charge is -2.03. The average Bonchev–Trinajstić information content (AvgIpc) is 2.34. The van der Waals surface area contributed by atoms with Gasteiger partial charge in [0, 0.05) is 16.8 Å². The van der Waals surface area contributed by atoms with Crippen LogP contribution in [-0.4, -0.2) is 27.9 Å². The van der Waals surface area contributed by atoms with Crippen molar-refractivity contribution in [1.82, 2.24) is 4.98 Å². The second kappa shape index (κ2) is 6.63. The van der Waals surface area contributed by atoms with Crippen LogP contribution in [0, 0.1) is 24.8 Å². The predicted molar refractivity (Wildman–Crippen MR) is 69.0 cm³/mol. The van der Waals surface area contributed by atoms with Gasteiger partial charge in [0.15, 0.2) is 11.8 Å². The minimum atomic E-state index is -1.03. The molecule has 0 aromatic carbocycles. The summed E-state index contributed by atoms with van der Waals surface area (Å²) in [6, 6.07) is 3.25. The van der Waals surface area contributed by atoms with Gasteiger partial charge in [-0.25, -0.2) is 9.78 Å². The SMILES string of the molecule is C#[N+]C(C#N)CCSc1cnc(C(=O)O)c(C)c1. The van der Waals surface area contributed by atoms with Crippen LogP contribution in [0.2, 0.25) is 0 Å². The Labute approximate surface area is 109 Å². The van der Waals surface area contributed by atoms with E-state index in [0.717, 1.165) is 4.90 Å². The number of thioether (sulfide) groups is 1. The summed E-state index contributed by atoms with van der Waals surface area (Å²) in [6.07, 6.45) is 2.07. The van der Waals surface area contributed by atoms with Crippen molar-refractivity contribution in [2.45, 2.75) is 24.3 Å². The highest BCUT2D eigenvalue weighted by Crippen LogP contribution is 2.21. The van der Waals surface area contributed by atoms with Crippen molar-refractivity contribution in [3.8, 4) is 12.6 Å². The first-order valence-electron chi connectivity index (χ1n) is 5.21. The van der Waals surface area contributed by atoms with E-state index in [0.29, 0.717) is 17.7 Å². The van der Waals surface area contributed by atoms with Gasteiger partial charge >= 0.3 is 12.0 Å². The minimum absolute atomic E-state index is 0.0613. The third-order valence-corrected chi connectivity index (χ3v) is 3.24. The lowest BCUT2D eigenvalue weighted by molar-refractivity contribution is 0.0689. The van der Waals surface area contributed by atoms with Crippen LogP contribution < -0.4 is 0 Å². The maximum absolute atomic E-state index is 10.8. The fourth-order valence-corrected chi connectivity index (χ4v) is 2.28. The van der Waals surface area contributed by atoms with Crippen LogP contribution in [0.15, 0.2) is 17.2 Å². The first kappa shape index (κ1) is 14.0. The van der Waals surface area contributed by atoms with E-state index in [1.165, 1.54) is 18.0 Å².